The molecule has 1 aliphatic rings. The van der Waals surface area contributed by atoms with Gasteiger partial charge in [-0.05, 0) is 37.1 Å². The van der Waals surface area contributed by atoms with Crippen LogP contribution in [0.15, 0.2) is 57.7 Å². The molecule has 1 aliphatic carbocycles. The van der Waals surface area contributed by atoms with Crippen LogP contribution < -0.4 is 0 Å². The Balaban J connectivity index is 1.28. The summed E-state index contributed by atoms with van der Waals surface area (Å²) in [5.74, 6) is 0.881. The monoisotopic (exact) mass is 408 g/mol. The summed E-state index contributed by atoms with van der Waals surface area (Å²) in [6.07, 6.45) is 5.51. The fourth-order valence-corrected chi connectivity index (χ4v) is 5.09. The molecule has 3 heterocycles. The summed E-state index contributed by atoms with van der Waals surface area (Å²) >= 11 is 1.68. The van der Waals surface area contributed by atoms with E-state index in [1.165, 1.54) is 0 Å². The number of carbonyl (C=O) groups is 1. The third kappa shape index (κ3) is 3.70. The van der Waals surface area contributed by atoms with Gasteiger partial charge < -0.3 is 13.7 Å². The van der Waals surface area contributed by atoms with Gasteiger partial charge in [-0.2, -0.15) is 0 Å². The standard InChI is InChI=1S/C22H20N2O4S/c25-22(27-13-14-12-19(28-24-14)18-9-5-11-26-18)16-7-2-1-6-15(16)21-23-17-8-3-4-10-20(17)29-21/h3-5,8-12,15-16H,1-2,6-7,13H2/t15-,16+/m1/s1. The summed E-state index contributed by atoms with van der Waals surface area (Å²) in [6.45, 7) is 0.0894. The van der Waals surface area contributed by atoms with E-state index in [4.69, 9.17) is 18.7 Å². The molecule has 4 aromatic rings. The van der Waals surface area contributed by atoms with Crippen LogP contribution in [0.25, 0.3) is 21.7 Å². The first-order chi connectivity index (χ1) is 14.3. The number of carbonyl (C=O) groups excluding carboxylic acids is 1. The molecular weight excluding hydrogens is 388 g/mol. The normalized spacial score (nSPS) is 19.4. The fraction of sp³-hybridized carbons (Fsp3) is 0.318. The molecule has 2 atom stereocenters. The maximum absolute atomic E-state index is 12.9. The molecule has 0 spiro atoms. The van der Waals surface area contributed by atoms with Crippen molar-refractivity contribution in [2.75, 3.05) is 0 Å². The lowest BCUT2D eigenvalue weighted by molar-refractivity contribution is -0.152. The molecular formula is C22H20N2O4S. The van der Waals surface area contributed by atoms with Crippen molar-refractivity contribution in [1.82, 2.24) is 10.1 Å². The Morgan fingerprint density at radius 1 is 1.14 bits per heavy atom. The van der Waals surface area contributed by atoms with Gasteiger partial charge in [-0.25, -0.2) is 4.98 Å². The first-order valence-corrected chi connectivity index (χ1v) is 10.6. The van der Waals surface area contributed by atoms with E-state index in [0.717, 1.165) is 40.9 Å². The van der Waals surface area contributed by atoms with Crippen LogP contribution in [0.4, 0.5) is 0 Å². The molecule has 1 saturated carbocycles. The zero-order chi connectivity index (χ0) is 19.6. The molecule has 5 rings (SSSR count). The number of rotatable bonds is 5. The molecule has 29 heavy (non-hydrogen) atoms. The van der Waals surface area contributed by atoms with Gasteiger partial charge in [0.2, 0.25) is 5.76 Å². The number of ether oxygens (including phenoxy) is 1. The Labute approximate surface area is 171 Å². The van der Waals surface area contributed by atoms with Gasteiger partial charge in [0.15, 0.2) is 5.76 Å². The molecule has 1 fully saturated rings. The van der Waals surface area contributed by atoms with Crippen molar-refractivity contribution < 1.29 is 18.5 Å². The molecule has 0 unspecified atom stereocenters. The minimum absolute atomic E-state index is 0.0894. The summed E-state index contributed by atoms with van der Waals surface area (Å²) < 4.78 is 17.3. The van der Waals surface area contributed by atoms with Crippen LogP contribution in [0.2, 0.25) is 0 Å². The van der Waals surface area contributed by atoms with Gasteiger partial charge in [-0.1, -0.05) is 30.1 Å². The van der Waals surface area contributed by atoms with Gasteiger partial charge in [-0.3, -0.25) is 4.79 Å². The van der Waals surface area contributed by atoms with E-state index in [9.17, 15) is 4.79 Å². The minimum atomic E-state index is -0.184. The van der Waals surface area contributed by atoms with E-state index >= 15 is 0 Å². The van der Waals surface area contributed by atoms with Gasteiger partial charge in [0.05, 0.1) is 27.4 Å². The predicted molar refractivity (Wildman–Crippen MR) is 108 cm³/mol. The molecule has 0 aliphatic heterocycles. The third-order valence-electron chi connectivity index (χ3n) is 5.38. The molecule has 0 amide bonds. The maximum Gasteiger partial charge on any atom is 0.310 e. The maximum atomic E-state index is 12.9. The lowest BCUT2D eigenvalue weighted by Gasteiger charge is -2.28. The smallest absolute Gasteiger partial charge is 0.310 e. The first-order valence-electron chi connectivity index (χ1n) is 9.79. The van der Waals surface area contributed by atoms with E-state index in [1.54, 1.807) is 35.8 Å². The molecule has 0 radical (unpaired) electrons. The van der Waals surface area contributed by atoms with Crippen molar-refractivity contribution in [3.8, 4) is 11.5 Å². The molecule has 6 nitrogen and oxygen atoms in total. The Kier molecular flexibility index (Phi) is 4.89. The van der Waals surface area contributed by atoms with Crippen LogP contribution in [-0.2, 0) is 16.1 Å². The van der Waals surface area contributed by atoms with Crippen molar-refractivity contribution in [2.24, 2.45) is 5.92 Å². The van der Waals surface area contributed by atoms with Crippen molar-refractivity contribution in [2.45, 2.75) is 38.2 Å². The molecule has 1 aromatic carbocycles. The Bertz CT molecular complexity index is 1080. The van der Waals surface area contributed by atoms with E-state index in [0.29, 0.717) is 17.2 Å². The lowest BCUT2D eigenvalue weighted by atomic mass is 9.79. The fourth-order valence-electron chi connectivity index (χ4n) is 3.92. The summed E-state index contributed by atoms with van der Waals surface area (Å²) in [6, 6.07) is 13.4. The Hall–Kier alpha value is -2.93. The summed E-state index contributed by atoms with van der Waals surface area (Å²) in [5, 5.41) is 5.01. The number of benzene rings is 1. The third-order valence-corrected chi connectivity index (χ3v) is 6.55. The van der Waals surface area contributed by atoms with Gasteiger partial charge >= 0.3 is 5.97 Å². The number of furan rings is 1. The second kappa shape index (κ2) is 7.83. The summed E-state index contributed by atoms with van der Waals surface area (Å²) in [7, 11) is 0. The lowest BCUT2D eigenvalue weighted by Crippen LogP contribution is -2.27. The average molecular weight is 408 g/mol. The topological polar surface area (TPSA) is 78.4 Å². The molecule has 0 saturated heterocycles. The number of para-hydroxylation sites is 1. The van der Waals surface area contributed by atoms with Crippen molar-refractivity contribution >= 4 is 27.5 Å². The van der Waals surface area contributed by atoms with Gasteiger partial charge in [0.25, 0.3) is 0 Å². The number of esters is 1. The van der Waals surface area contributed by atoms with Crippen molar-refractivity contribution in [3.63, 3.8) is 0 Å². The summed E-state index contributed by atoms with van der Waals surface area (Å²) in [4.78, 5) is 17.7. The molecule has 7 heteroatoms. The van der Waals surface area contributed by atoms with Crippen LogP contribution in [0.1, 0.15) is 42.3 Å². The highest BCUT2D eigenvalue weighted by atomic mass is 32.1. The predicted octanol–water partition coefficient (Wildman–Crippen LogP) is 5.56. The zero-order valence-corrected chi connectivity index (χ0v) is 16.6. The highest BCUT2D eigenvalue weighted by molar-refractivity contribution is 7.18. The molecule has 0 bridgehead atoms. The quantitative estimate of drug-likeness (QED) is 0.402. The van der Waals surface area contributed by atoms with E-state index in [2.05, 4.69) is 11.2 Å². The number of nitrogens with zero attached hydrogens (tertiary/aromatic N) is 2. The second-order valence-electron chi connectivity index (χ2n) is 7.28. The van der Waals surface area contributed by atoms with Gasteiger partial charge in [-0.15, -0.1) is 11.3 Å². The molecule has 0 N–H and O–H groups in total. The van der Waals surface area contributed by atoms with Crippen LogP contribution in [-0.4, -0.2) is 16.1 Å². The SMILES string of the molecule is O=C(OCc1cc(-c2ccco2)on1)[C@H]1CCCC[C@H]1c1nc2ccccc2s1. The number of aromatic nitrogens is 2. The first kappa shape index (κ1) is 18.1. The van der Waals surface area contributed by atoms with E-state index in [-0.39, 0.29) is 24.4 Å². The number of thiazole rings is 1. The summed E-state index contributed by atoms with van der Waals surface area (Å²) in [5.41, 5.74) is 1.57. The van der Waals surface area contributed by atoms with Crippen LogP contribution >= 0.6 is 11.3 Å². The Morgan fingerprint density at radius 2 is 2.03 bits per heavy atom. The largest absolute Gasteiger partial charge is 0.461 e. The second-order valence-corrected chi connectivity index (χ2v) is 8.35. The Morgan fingerprint density at radius 3 is 2.90 bits per heavy atom. The zero-order valence-electron chi connectivity index (χ0n) is 15.7. The van der Waals surface area contributed by atoms with Gasteiger partial charge in [0.1, 0.15) is 12.3 Å². The highest BCUT2D eigenvalue weighted by Crippen LogP contribution is 2.41. The molecule has 3 aromatic heterocycles. The van der Waals surface area contributed by atoms with E-state index in [1.807, 2.05) is 18.2 Å². The van der Waals surface area contributed by atoms with Crippen LogP contribution in [0, 0.1) is 5.92 Å². The van der Waals surface area contributed by atoms with Crippen molar-refractivity contribution in [1.29, 1.82) is 0 Å². The minimum Gasteiger partial charge on any atom is -0.461 e. The van der Waals surface area contributed by atoms with E-state index < -0.39 is 0 Å². The van der Waals surface area contributed by atoms with Crippen molar-refractivity contribution in [3.05, 3.63) is 59.4 Å². The number of hydrogen-bond acceptors (Lipinski definition) is 7. The highest BCUT2D eigenvalue weighted by Gasteiger charge is 2.35. The number of hydrogen-bond donors (Lipinski definition) is 0. The van der Waals surface area contributed by atoms with Gasteiger partial charge in [0, 0.05) is 12.0 Å². The van der Waals surface area contributed by atoms with Crippen LogP contribution in [0.3, 0.4) is 0 Å². The average Bonchev–Trinajstić information content (AvgIpc) is 3.52. The molecule has 148 valence electrons. The number of fused-ring (bicyclic) bond motifs is 1. The van der Waals surface area contributed by atoms with Crippen LogP contribution in [0.5, 0.6) is 0 Å².